The average Bonchev–Trinajstić information content (AvgIpc) is 3.22. The zero-order valence-electron chi connectivity index (χ0n) is 16.7. The maximum atomic E-state index is 12.6. The molecule has 0 saturated carbocycles. The van der Waals surface area contributed by atoms with E-state index in [4.69, 9.17) is 9.47 Å². The molecule has 0 fully saturated rings. The molecule has 0 aliphatic heterocycles. The number of nitrogens with one attached hydrogen (secondary N) is 1. The molecule has 0 radical (unpaired) electrons. The van der Waals surface area contributed by atoms with Crippen LogP contribution in [0.25, 0.3) is 5.69 Å². The van der Waals surface area contributed by atoms with E-state index >= 15 is 0 Å². The van der Waals surface area contributed by atoms with Crippen molar-refractivity contribution >= 4 is 29.3 Å². The largest absolute Gasteiger partial charge is 0.497 e. The van der Waals surface area contributed by atoms with E-state index in [1.54, 1.807) is 49.9 Å². The van der Waals surface area contributed by atoms with Crippen molar-refractivity contribution in [3.05, 3.63) is 54.1 Å². The lowest BCUT2D eigenvalue weighted by Gasteiger charge is -2.12. The number of carbonyl (C=O) groups is 2. The molecular weight excluding hydrogens is 406 g/mol. The highest BCUT2D eigenvalue weighted by molar-refractivity contribution is 8.00. The van der Waals surface area contributed by atoms with E-state index in [0.29, 0.717) is 23.0 Å². The summed E-state index contributed by atoms with van der Waals surface area (Å²) < 4.78 is 11.7. The van der Waals surface area contributed by atoms with Gasteiger partial charge >= 0.3 is 5.97 Å². The number of esters is 1. The number of amides is 1. The van der Waals surface area contributed by atoms with E-state index in [2.05, 4.69) is 20.8 Å². The van der Waals surface area contributed by atoms with E-state index in [9.17, 15) is 9.59 Å². The fraction of sp³-hybridized carbons (Fsp3) is 0.250. The molecule has 1 aromatic heterocycles. The summed E-state index contributed by atoms with van der Waals surface area (Å²) in [5, 5.41) is 14.6. The van der Waals surface area contributed by atoms with Crippen molar-refractivity contribution in [2.45, 2.75) is 24.3 Å². The zero-order chi connectivity index (χ0) is 21.5. The third-order valence-electron chi connectivity index (χ3n) is 4.07. The second-order valence-electron chi connectivity index (χ2n) is 6.12. The van der Waals surface area contributed by atoms with Gasteiger partial charge in [0.2, 0.25) is 11.1 Å². The van der Waals surface area contributed by atoms with Gasteiger partial charge in [0.25, 0.3) is 0 Å². The number of benzene rings is 2. The number of carbonyl (C=O) groups excluding carboxylic acids is 2. The molecule has 0 bridgehead atoms. The number of methoxy groups -OCH3 is 1. The second-order valence-corrected chi connectivity index (χ2v) is 7.43. The molecule has 2 aromatic carbocycles. The maximum absolute atomic E-state index is 12.6. The van der Waals surface area contributed by atoms with Crippen LogP contribution in [0, 0.1) is 0 Å². The van der Waals surface area contributed by atoms with Crippen LogP contribution >= 0.6 is 11.8 Å². The van der Waals surface area contributed by atoms with Gasteiger partial charge in [-0.15, -0.1) is 5.10 Å². The molecule has 30 heavy (non-hydrogen) atoms. The van der Waals surface area contributed by atoms with Gasteiger partial charge in [0, 0.05) is 5.69 Å². The molecule has 3 aromatic rings. The first-order valence-electron chi connectivity index (χ1n) is 9.19. The topological polar surface area (TPSA) is 108 Å². The summed E-state index contributed by atoms with van der Waals surface area (Å²) in [6, 6.07) is 13.8. The molecule has 156 valence electrons. The van der Waals surface area contributed by atoms with Gasteiger partial charge in [-0.2, -0.15) is 4.68 Å². The summed E-state index contributed by atoms with van der Waals surface area (Å²) in [5.74, 6) is 0.112. The standard InChI is InChI=1S/C20H21N5O4S/c1-4-29-19(27)14-5-7-15(8-6-14)21-18(26)13(2)30-20-22-23-24-25(20)16-9-11-17(28-3)12-10-16/h5-13H,4H2,1-3H3,(H,21,26). The van der Waals surface area contributed by atoms with Gasteiger partial charge in [-0.1, -0.05) is 11.8 Å². The van der Waals surface area contributed by atoms with E-state index in [1.807, 2.05) is 24.3 Å². The van der Waals surface area contributed by atoms with Crippen LogP contribution in [0.1, 0.15) is 24.2 Å². The highest BCUT2D eigenvalue weighted by atomic mass is 32.2. The van der Waals surface area contributed by atoms with Crippen LogP contribution in [0.15, 0.2) is 53.7 Å². The number of tetrazole rings is 1. The molecule has 0 aliphatic carbocycles. The normalized spacial score (nSPS) is 11.6. The smallest absolute Gasteiger partial charge is 0.338 e. The molecule has 1 N–H and O–H groups in total. The van der Waals surface area contributed by atoms with E-state index in [1.165, 1.54) is 11.8 Å². The molecule has 3 rings (SSSR count). The van der Waals surface area contributed by atoms with Crippen molar-refractivity contribution in [1.82, 2.24) is 20.2 Å². The highest BCUT2D eigenvalue weighted by Crippen LogP contribution is 2.25. The number of nitrogens with zero attached hydrogens (tertiary/aromatic N) is 4. The fourth-order valence-corrected chi connectivity index (χ4v) is 3.31. The van der Waals surface area contributed by atoms with Gasteiger partial charge in [0.05, 0.1) is 30.2 Å². The van der Waals surface area contributed by atoms with Crippen molar-refractivity contribution < 1.29 is 19.1 Å². The summed E-state index contributed by atoms with van der Waals surface area (Å²) in [7, 11) is 1.60. The Bertz CT molecular complexity index is 1000. The number of hydrogen-bond donors (Lipinski definition) is 1. The van der Waals surface area contributed by atoms with Gasteiger partial charge in [0.1, 0.15) is 5.75 Å². The maximum Gasteiger partial charge on any atom is 0.338 e. The predicted octanol–water partition coefficient (Wildman–Crippen LogP) is 2.97. The minimum absolute atomic E-state index is 0.215. The predicted molar refractivity (Wildman–Crippen MR) is 112 cm³/mol. The Labute approximate surface area is 177 Å². The first-order chi connectivity index (χ1) is 14.5. The van der Waals surface area contributed by atoms with Gasteiger partial charge in [-0.3, -0.25) is 4.79 Å². The summed E-state index contributed by atoms with van der Waals surface area (Å²) in [6.07, 6.45) is 0. The molecule has 9 nitrogen and oxygen atoms in total. The Balaban J connectivity index is 1.63. The summed E-state index contributed by atoms with van der Waals surface area (Å²) >= 11 is 1.23. The van der Waals surface area contributed by atoms with Crippen LogP contribution in [-0.2, 0) is 9.53 Å². The SMILES string of the molecule is CCOC(=O)c1ccc(NC(=O)C(C)Sc2nnnn2-c2ccc(OC)cc2)cc1. The molecule has 10 heteroatoms. The lowest BCUT2D eigenvalue weighted by molar-refractivity contribution is -0.115. The number of ether oxygens (including phenoxy) is 2. The Morgan fingerprint density at radius 2 is 1.83 bits per heavy atom. The number of rotatable bonds is 8. The van der Waals surface area contributed by atoms with Gasteiger partial charge in [-0.05, 0) is 72.8 Å². The van der Waals surface area contributed by atoms with Crippen LogP contribution in [0.4, 0.5) is 5.69 Å². The minimum atomic E-state index is -0.460. The van der Waals surface area contributed by atoms with Crippen molar-refractivity contribution in [3.63, 3.8) is 0 Å². The molecule has 1 amide bonds. The molecule has 1 atom stereocenters. The number of hydrogen-bond acceptors (Lipinski definition) is 8. The molecule has 0 aliphatic rings. The van der Waals surface area contributed by atoms with Gasteiger partial charge < -0.3 is 14.8 Å². The molecular formula is C20H21N5O4S. The summed E-state index contributed by atoms with van der Waals surface area (Å²) in [5.41, 5.74) is 1.76. The average molecular weight is 427 g/mol. The highest BCUT2D eigenvalue weighted by Gasteiger charge is 2.19. The first-order valence-corrected chi connectivity index (χ1v) is 10.1. The molecule has 0 spiro atoms. The monoisotopic (exact) mass is 427 g/mol. The Morgan fingerprint density at radius 1 is 1.13 bits per heavy atom. The fourth-order valence-electron chi connectivity index (χ4n) is 2.50. The first kappa shape index (κ1) is 21.3. The zero-order valence-corrected chi connectivity index (χ0v) is 17.5. The van der Waals surface area contributed by atoms with E-state index < -0.39 is 11.2 Å². The van der Waals surface area contributed by atoms with Crippen LogP contribution in [-0.4, -0.2) is 51.1 Å². The van der Waals surface area contributed by atoms with E-state index in [0.717, 1.165) is 11.4 Å². The van der Waals surface area contributed by atoms with Crippen LogP contribution in [0.3, 0.4) is 0 Å². The lowest BCUT2D eigenvalue weighted by Crippen LogP contribution is -2.23. The van der Waals surface area contributed by atoms with Crippen LogP contribution in [0.2, 0.25) is 0 Å². The third kappa shape index (κ3) is 5.15. The molecule has 0 saturated heterocycles. The summed E-state index contributed by atoms with van der Waals surface area (Å²) in [4.78, 5) is 24.3. The van der Waals surface area contributed by atoms with Gasteiger partial charge in [-0.25, -0.2) is 4.79 Å². The van der Waals surface area contributed by atoms with E-state index in [-0.39, 0.29) is 5.91 Å². The number of aromatic nitrogens is 4. The van der Waals surface area contributed by atoms with Crippen LogP contribution < -0.4 is 10.1 Å². The van der Waals surface area contributed by atoms with Crippen molar-refractivity contribution in [3.8, 4) is 11.4 Å². The van der Waals surface area contributed by atoms with Crippen molar-refractivity contribution in [2.75, 3.05) is 19.0 Å². The minimum Gasteiger partial charge on any atom is -0.497 e. The number of anilines is 1. The Hall–Kier alpha value is -3.40. The quantitative estimate of drug-likeness (QED) is 0.432. The summed E-state index contributed by atoms with van der Waals surface area (Å²) in [6.45, 7) is 3.82. The second kappa shape index (κ2) is 9.88. The third-order valence-corrected chi connectivity index (χ3v) is 5.11. The van der Waals surface area contributed by atoms with Crippen molar-refractivity contribution in [1.29, 1.82) is 0 Å². The Kier molecular flexibility index (Phi) is 7.02. The number of thioether (sulfide) groups is 1. The molecule has 1 heterocycles. The van der Waals surface area contributed by atoms with Gasteiger partial charge in [0.15, 0.2) is 0 Å². The lowest BCUT2D eigenvalue weighted by atomic mass is 10.2. The molecule has 1 unspecified atom stereocenters. The van der Waals surface area contributed by atoms with Crippen LogP contribution in [0.5, 0.6) is 5.75 Å². The Morgan fingerprint density at radius 3 is 2.47 bits per heavy atom. The van der Waals surface area contributed by atoms with Crippen molar-refractivity contribution in [2.24, 2.45) is 0 Å².